The topological polar surface area (TPSA) is 70.7 Å². The highest BCUT2D eigenvalue weighted by Crippen LogP contribution is 2.30. The van der Waals surface area contributed by atoms with E-state index in [4.69, 9.17) is 0 Å². The fourth-order valence-electron chi connectivity index (χ4n) is 2.93. The number of rotatable bonds is 5. The van der Waals surface area contributed by atoms with Crippen molar-refractivity contribution >= 4 is 57.1 Å². The lowest BCUT2D eigenvalue weighted by molar-refractivity contribution is -0.113. The molecule has 4 rings (SSSR count). The number of aromatic nitrogens is 3. The molecule has 136 valence electrons. The van der Waals surface area contributed by atoms with Gasteiger partial charge in [-0.25, -0.2) is 9.97 Å². The van der Waals surface area contributed by atoms with Crippen LogP contribution in [0.3, 0.4) is 0 Å². The molecule has 7 heteroatoms. The number of nitrogens with one attached hydrogen (secondary N) is 2. The normalized spacial score (nSPS) is 11.2. The second-order valence-electron chi connectivity index (χ2n) is 6.15. The number of H-pyrrole nitrogens is 1. The van der Waals surface area contributed by atoms with Crippen molar-refractivity contribution in [3.8, 4) is 0 Å². The van der Waals surface area contributed by atoms with Crippen LogP contribution < -0.4 is 5.32 Å². The SMILES string of the molecule is CSc1cccc(NC(=O)CSc2ncnc3c2[nH]c2ccc(C)cc23)c1. The average molecular weight is 395 g/mol. The highest BCUT2D eigenvalue weighted by molar-refractivity contribution is 8.00. The van der Waals surface area contributed by atoms with Gasteiger partial charge in [0.1, 0.15) is 16.9 Å². The largest absolute Gasteiger partial charge is 0.351 e. The van der Waals surface area contributed by atoms with Crippen LogP contribution in [0.4, 0.5) is 5.69 Å². The zero-order valence-electron chi connectivity index (χ0n) is 14.9. The molecule has 0 saturated carbocycles. The minimum absolute atomic E-state index is 0.0584. The summed E-state index contributed by atoms with van der Waals surface area (Å²) in [7, 11) is 0. The standard InChI is InChI=1S/C20H18N4OS2/c1-12-6-7-16-15(8-12)18-19(24-16)20(22-11-21-18)27-10-17(25)23-13-4-3-5-14(9-13)26-2/h3-9,11,24H,10H2,1-2H3,(H,23,25). The maximum atomic E-state index is 12.3. The lowest BCUT2D eigenvalue weighted by Crippen LogP contribution is -2.14. The number of amides is 1. The van der Waals surface area contributed by atoms with Gasteiger partial charge in [0.2, 0.25) is 5.91 Å². The van der Waals surface area contributed by atoms with Gasteiger partial charge in [0.05, 0.1) is 11.3 Å². The molecule has 0 bridgehead atoms. The zero-order chi connectivity index (χ0) is 18.8. The van der Waals surface area contributed by atoms with E-state index in [1.807, 2.05) is 36.6 Å². The van der Waals surface area contributed by atoms with Crippen molar-refractivity contribution < 1.29 is 4.79 Å². The number of hydrogen-bond donors (Lipinski definition) is 2. The number of nitrogens with zero attached hydrogens (tertiary/aromatic N) is 2. The average Bonchev–Trinajstić information content (AvgIpc) is 3.05. The van der Waals surface area contributed by atoms with Crippen molar-refractivity contribution in [1.29, 1.82) is 0 Å². The number of aromatic amines is 1. The first kappa shape index (κ1) is 17.9. The summed E-state index contributed by atoms with van der Waals surface area (Å²) in [6, 6.07) is 14.0. The molecule has 0 aliphatic rings. The van der Waals surface area contributed by atoms with Crippen LogP contribution in [0.15, 0.2) is 58.7 Å². The van der Waals surface area contributed by atoms with E-state index in [1.54, 1.807) is 18.1 Å². The van der Waals surface area contributed by atoms with Crippen molar-refractivity contribution in [3.05, 3.63) is 54.4 Å². The lowest BCUT2D eigenvalue weighted by atomic mass is 10.2. The third-order valence-electron chi connectivity index (χ3n) is 4.20. The van der Waals surface area contributed by atoms with Crippen LogP contribution in [0.2, 0.25) is 0 Å². The Morgan fingerprint density at radius 1 is 1.19 bits per heavy atom. The van der Waals surface area contributed by atoms with E-state index in [1.165, 1.54) is 17.3 Å². The summed E-state index contributed by atoms with van der Waals surface area (Å²) in [5.74, 6) is 0.223. The summed E-state index contributed by atoms with van der Waals surface area (Å²) in [6.07, 6.45) is 3.57. The zero-order valence-corrected chi connectivity index (χ0v) is 16.6. The van der Waals surface area contributed by atoms with Crippen molar-refractivity contribution in [2.24, 2.45) is 0 Å². The molecule has 0 aliphatic heterocycles. The number of fused-ring (bicyclic) bond motifs is 3. The Labute approximate surface area is 165 Å². The van der Waals surface area contributed by atoms with Gasteiger partial charge in [0.15, 0.2) is 0 Å². The third-order valence-corrected chi connectivity index (χ3v) is 5.91. The van der Waals surface area contributed by atoms with E-state index >= 15 is 0 Å². The fraction of sp³-hybridized carbons (Fsp3) is 0.150. The van der Waals surface area contributed by atoms with Crippen LogP contribution in [0.25, 0.3) is 21.9 Å². The summed E-state index contributed by atoms with van der Waals surface area (Å²) in [6.45, 7) is 2.06. The summed E-state index contributed by atoms with van der Waals surface area (Å²) in [4.78, 5) is 25.6. The molecule has 2 N–H and O–H groups in total. The molecule has 1 amide bonds. The summed E-state index contributed by atoms with van der Waals surface area (Å²) >= 11 is 3.05. The molecule has 2 aromatic heterocycles. The van der Waals surface area contributed by atoms with Crippen LogP contribution in [0.5, 0.6) is 0 Å². The van der Waals surface area contributed by atoms with Gasteiger partial charge in [-0.2, -0.15) is 0 Å². The quantitative estimate of drug-likeness (QED) is 0.373. The first-order chi connectivity index (χ1) is 13.1. The summed E-state index contributed by atoms with van der Waals surface area (Å²) in [5, 5.41) is 4.80. The Hall–Kier alpha value is -2.51. The number of thioether (sulfide) groups is 2. The molecular weight excluding hydrogens is 376 g/mol. The maximum Gasteiger partial charge on any atom is 0.234 e. The Bertz CT molecular complexity index is 1140. The van der Waals surface area contributed by atoms with Crippen LogP contribution in [-0.2, 0) is 4.79 Å². The van der Waals surface area contributed by atoms with Gasteiger partial charge in [-0.3, -0.25) is 4.79 Å². The van der Waals surface area contributed by atoms with Crippen molar-refractivity contribution in [1.82, 2.24) is 15.0 Å². The van der Waals surface area contributed by atoms with E-state index in [-0.39, 0.29) is 11.7 Å². The molecule has 0 aliphatic carbocycles. The highest BCUT2D eigenvalue weighted by Gasteiger charge is 2.13. The van der Waals surface area contributed by atoms with Crippen molar-refractivity contribution in [2.45, 2.75) is 16.8 Å². The third kappa shape index (κ3) is 3.79. The Morgan fingerprint density at radius 2 is 2.07 bits per heavy atom. The molecule has 2 heterocycles. The molecular formula is C20H18N4OS2. The second kappa shape index (κ2) is 7.62. The van der Waals surface area contributed by atoms with Crippen LogP contribution in [0, 0.1) is 6.92 Å². The maximum absolute atomic E-state index is 12.3. The number of hydrogen-bond acceptors (Lipinski definition) is 5. The van der Waals surface area contributed by atoms with Crippen molar-refractivity contribution in [3.63, 3.8) is 0 Å². The van der Waals surface area contributed by atoms with E-state index < -0.39 is 0 Å². The number of anilines is 1. The summed E-state index contributed by atoms with van der Waals surface area (Å²) in [5.41, 5.74) is 4.78. The van der Waals surface area contributed by atoms with E-state index in [9.17, 15) is 4.79 Å². The fourth-order valence-corrected chi connectivity index (χ4v) is 4.14. The van der Waals surface area contributed by atoms with Gasteiger partial charge in [-0.15, -0.1) is 11.8 Å². The molecule has 0 radical (unpaired) electrons. The molecule has 0 unspecified atom stereocenters. The highest BCUT2D eigenvalue weighted by atomic mass is 32.2. The molecule has 27 heavy (non-hydrogen) atoms. The number of carbonyl (C=O) groups is 1. The van der Waals surface area contributed by atoms with Gasteiger partial charge >= 0.3 is 0 Å². The molecule has 5 nitrogen and oxygen atoms in total. The number of benzene rings is 2. The van der Waals surface area contributed by atoms with E-state index in [0.717, 1.165) is 37.5 Å². The van der Waals surface area contributed by atoms with Gasteiger partial charge in [0, 0.05) is 21.5 Å². The Balaban J connectivity index is 1.53. The molecule has 0 saturated heterocycles. The molecule has 0 atom stereocenters. The van der Waals surface area contributed by atoms with Crippen molar-refractivity contribution in [2.75, 3.05) is 17.3 Å². The van der Waals surface area contributed by atoms with Gasteiger partial charge in [-0.1, -0.05) is 29.5 Å². The van der Waals surface area contributed by atoms with Crippen LogP contribution >= 0.6 is 23.5 Å². The van der Waals surface area contributed by atoms with E-state index in [0.29, 0.717) is 0 Å². The minimum atomic E-state index is -0.0584. The molecule has 0 spiro atoms. The molecule has 4 aromatic rings. The first-order valence-corrected chi connectivity index (χ1v) is 10.6. The monoisotopic (exact) mass is 394 g/mol. The van der Waals surface area contributed by atoms with Gasteiger partial charge < -0.3 is 10.3 Å². The number of aryl methyl sites for hydroxylation is 1. The lowest BCUT2D eigenvalue weighted by Gasteiger charge is -2.06. The van der Waals surface area contributed by atoms with Crippen LogP contribution in [-0.4, -0.2) is 32.9 Å². The first-order valence-electron chi connectivity index (χ1n) is 8.44. The van der Waals surface area contributed by atoms with Gasteiger partial charge in [-0.05, 0) is 43.5 Å². The second-order valence-corrected chi connectivity index (χ2v) is 7.99. The number of carbonyl (C=O) groups excluding carboxylic acids is 1. The minimum Gasteiger partial charge on any atom is -0.351 e. The smallest absolute Gasteiger partial charge is 0.234 e. The van der Waals surface area contributed by atoms with Crippen LogP contribution in [0.1, 0.15) is 5.56 Å². The molecule has 0 fully saturated rings. The van der Waals surface area contributed by atoms with E-state index in [2.05, 4.69) is 39.3 Å². The Kier molecular flexibility index (Phi) is 5.05. The predicted octanol–water partition coefficient (Wildman–Crippen LogP) is 4.87. The molecule has 2 aromatic carbocycles. The van der Waals surface area contributed by atoms with Gasteiger partial charge in [0.25, 0.3) is 0 Å². The summed E-state index contributed by atoms with van der Waals surface area (Å²) < 4.78 is 0. The Morgan fingerprint density at radius 3 is 2.93 bits per heavy atom. The predicted molar refractivity (Wildman–Crippen MR) is 114 cm³/mol.